The normalized spacial score (nSPS) is 7.58. The molecular formula is C10H26O2. The third kappa shape index (κ3) is 12.2. The van der Waals surface area contributed by atoms with Crippen LogP contribution in [0, 0.1) is 5.92 Å². The number of carboxylic acid groups (broad SMARTS) is 1. The molecule has 0 aliphatic carbocycles. The van der Waals surface area contributed by atoms with Crippen LogP contribution in [0.1, 0.15) is 55.4 Å². The van der Waals surface area contributed by atoms with Crippen molar-refractivity contribution in [2.75, 3.05) is 0 Å². The predicted molar refractivity (Wildman–Crippen MR) is 56.5 cm³/mol. The van der Waals surface area contributed by atoms with Gasteiger partial charge in [-0.2, -0.15) is 0 Å². The van der Waals surface area contributed by atoms with E-state index in [4.69, 9.17) is 5.11 Å². The molecule has 0 unspecified atom stereocenters. The molecule has 0 saturated heterocycles. The Labute approximate surface area is 78.0 Å². The molecule has 12 heavy (non-hydrogen) atoms. The van der Waals surface area contributed by atoms with Gasteiger partial charge in [-0.05, 0) is 5.92 Å². The lowest BCUT2D eigenvalue weighted by molar-refractivity contribution is -0.138. The van der Waals surface area contributed by atoms with Gasteiger partial charge in [0.1, 0.15) is 0 Å². The Kier molecular flexibility index (Phi) is 24.6. The number of carboxylic acids is 1. The van der Waals surface area contributed by atoms with Gasteiger partial charge < -0.3 is 5.11 Å². The Bertz CT molecular complexity index is 85.8. The van der Waals surface area contributed by atoms with Crippen molar-refractivity contribution in [3.8, 4) is 0 Å². The van der Waals surface area contributed by atoms with E-state index < -0.39 is 5.97 Å². The van der Waals surface area contributed by atoms with Crippen LogP contribution < -0.4 is 0 Å². The minimum Gasteiger partial charge on any atom is -0.481 e. The average molecular weight is 178 g/mol. The van der Waals surface area contributed by atoms with Crippen LogP contribution in [0.2, 0.25) is 0 Å². The summed E-state index contributed by atoms with van der Waals surface area (Å²) in [6, 6.07) is 0. The second kappa shape index (κ2) is 13.1. The van der Waals surface area contributed by atoms with Crippen molar-refractivity contribution < 1.29 is 9.90 Å². The molecule has 0 aromatic rings. The van der Waals surface area contributed by atoms with Gasteiger partial charge in [0.25, 0.3) is 0 Å². The van der Waals surface area contributed by atoms with Crippen LogP contribution in [0.15, 0.2) is 0 Å². The van der Waals surface area contributed by atoms with Gasteiger partial charge in [-0.1, -0.05) is 49.0 Å². The molecule has 0 heterocycles. The van der Waals surface area contributed by atoms with Crippen molar-refractivity contribution in [1.82, 2.24) is 0 Å². The molecule has 0 rings (SSSR count). The lowest BCUT2D eigenvalue weighted by atomic mass is 10.00. The van der Waals surface area contributed by atoms with E-state index in [0.717, 1.165) is 12.8 Å². The molecule has 1 N–H and O–H groups in total. The molecule has 0 radical (unpaired) electrons. The van der Waals surface area contributed by atoms with Gasteiger partial charge in [-0.25, -0.2) is 0 Å². The minimum absolute atomic E-state index is 0. The van der Waals surface area contributed by atoms with Crippen molar-refractivity contribution in [2.45, 2.75) is 55.4 Å². The highest BCUT2D eigenvalue weighted by Crippen LogP contribution is 2.11. The fourth-order valence-electron chi connectivity index (χ4n) is 0.824. The maximum absolute atomic E-state index is 10.1. The molecule has 0 atom stereocenters. The first-order valence-electron chi connectivity index (χ1n) is 3.42. The van der Waals surface area contributed by atoms with E-state index in [1.54, 1.807) is 0 Å². The van der Waals surface area contributed by atoms with Gasteiger partial charge in [-0.15, -0.1) is 0 Å². The Morgan fingerprint density at radius 1 is 1.17 bits per heavy atom. The Morgan fingerprint density at radius 3 is 1.58 bits per heavy atom. The molecule has 0 saturated carbocycles. The van der Waals surface area contributed by atoms with Crippen LogP contribution >= 0.6 is 0 Å². The van der Waals surface area contributed by atoms with Crippen LogP contribution in [0.5, 0.6) is 0 Å². The molecule has 0 amide bonds. The summed E-state index contributed by atoms with van der Waals surface area (Å²) in [6.45, 7) is 4.05. The molecule has 0 aliphatic rings. The first-order chi connectivity index (χ1) is 4.20. The van der Waals surface area contributed by atoms with Crippen LogP contribution in [0.3, 0.4) is 0 Å². The molecule has 78 valence electrons. The van der Waals surface area contributed by atoms with Crippen molar-refractivity contribution in [2.24, 2.45) is 5.92 Å². The highest BCUT2D eigenvalue weighted by atomic mass is 16.4. The summed E-state index contributed by atoms with van der Waals surface area (Å²) >= 11 is 0. The fraction of sp³-hybridized carbons (Fsp3) is 0.900. The fourth-order valence-corrected chi connectivity index (χ4v) is 0.824. The highest BCUT2D eigenvalue weighted by Gasteiger charge is 2.07. The van der Waals surface area contributed by atoms with Gasteiger partial charge >= 0.3 is 5.97 Å². The third-order valence-corrected chi connectivity index (χ3v) is 1.62. The van der Waals surface area contributed by atoms with Crippen LogP contribution in [0.4, 0.5) is 0 Å². The number of hydrogen-bond donors (Lipinski definition) is 1. The van der Waals surface area contributed by atoms with Crippen molar-refractivity contribution in [3.05, 3.63) is 0 Å². The average Bonchev–Trinajstić information content (AvgIpc) is 1.82. The lowest BCUT2D eigenvalue weighted by Gasteiger charge is -2.06. The second-order valence-corrected chi connectivity index (χ2v) is 2.28. The molecule has 0 aromatic carbocycles. The summed E-state index contributed by atoms with van der Waals surface area (Å²) < 4.78 is 0. The van der Waals surface area contributed by atoms with Crippen LogP contribution in [-0.2, 0) is 4.79 Å². The SMILES string of the molecule is C.C.C.CCC(CC)CC(=O)O. The molecule has 0 spiro atoms. The van der Waals surface area contributed by atoms with Crippen molar-refractivity contribution in [1.29, 1.82) is 0 Å². The maximum atomic E-state index is 10.1. The minimum atomic E-state index is -0.677. The van der Waals surface area contributed by atoms with Gasteiger partial charge in [0, 0.05) is 6.42 Å². The molecule has 0 bridgehead atoms. The third-order valence-electron chi connectivity index (χ3n) is 1.62. The van der Waals surface area contributed by atoms with Gasteiger partial charge in [0.15, 0.2) is 0 Å². The smallest absolute Gasteiger partial charge is 0.303 e. The topological polar surface area (TPSA) is 37.3 Å². The summed E-state index contributed by atoms with van der Waals surface area (Å²) in [7, 11) is 0. The van der Waals surface area contributed by atoms with E-state index in [-0.39, 0.29) is 22.3 Å². The zero-order valence-electron chi connectivity index (χ0n) is 6.05. The number of rotatable bonds is 4. The lowest BCUT2D eigenvalue weighted by Crippen LogP contribution is -2.05. The first-order valence-corrected chi connectivity index (χ1v) is 3.42. The predicted octanol–water partition coefficient (Wildman–Crippen LogP) is 3.81. The summed E-state index contributed by atoms with van der Waals surface area (Å²) in [5.41, 5.74) is 0. The number of aliphatic carboxylic acids is 1. The summed E-state index contributed by atoms with van der Waals surface area (Å²) in [6.07, 6.45) is 2.28. The van der Waals surface area contributed by atoms with Gasteiger partial charge in [0.05, 0.1) is 0 Å². The second-order valence-electron chi connectivity index (χ2n) is 2.28. The molecule has 2 nitrogen and oxygen atoms in total. The Hall–Kier alpha value is -0.530. The standard InChI is InChI=1S/C7H14O2.3CH4/c1-3-6(4-2)5-7(8)9;;;/h6H,3-5H2,1-2H3,(H,8,9);3*1H4. The largest absolute Gasteiger partial charge is 0.481 e. The summed E-state index contributed by atoms with van der Waals surface area (Å²) in [4.78, 5) is 10.1. The molecule has 0 fully saturated rings. The molecule has 0 aliphatic heterocycles. The van der Waals surface area contributed by atoms with Gasteiger partial charge in [-0.3, -0.25) is 4.79 Å². The van der Waals surface area contributed by atoms with Crippen molar-refractivity contribution >= 4 is 5.97 Å². The van der Waals surface area contributed by atoms with Gasteiger partial charge in [0.2, 0.25) is 0 Å². The van der Waals surface area contributed by atoms with Crippen LogP contribution in [-0.4, -0.2) is 11.1 Å². The van der Waals surface area contributed by atoms with Crippen molar-refractivity contribution in [3.63, 3.8) is 0 Å². The summed E-state index contributed by atoms with van der Waals surface area (Å²) in [5.74, 6) is -0.300. The van der Waals surface area contributed by atoms with E-state index >= 15 is 0 Å². The number of carbonyl (C=O) groups is 1. The van der Waals surface area contributed by atoms with E-state index in [2.05, 4.69) is 0 Å². The quantitative estimate of drug-likeness (QED) is 0.710. The Morgan fingerprint density at radius 2 is 1.50 bits per heavy atom. The highest BCUT2D eigenvalue weighted by molar-refractivity contribution is 5.66. The zero-order chi connectivity index (χ0) is 7.28. The van der Waals surface area contributed by atoms with E-state index in [1.807, 2.05) is 13.8 Å². The van der Waals surface area contributed by atoms with Crippen LogP contribution in [0.25, 0.3) is 0 Å². The molecule has 2 heteroatoms. The monoisotopic (exact) mass is 178 g/mol. The molecular weight excluding hydrogens is 152 g/mol. The van der Waals surface area contributed by atoms with E-state index in [0.29, 0.717) is 12.3 Å². The first kappa shape index (κ1) is 22.5. The van der Waals surface area contributed by atoms with E-state index in [1.165, 1.54) is 0 Å². The van der Waals surface area contributed by atoms with E-state index in [9.17, 15) is 4.79 Å². The Balaban J connectivity index is -0.000000107. The maximum Gasteiger partial charge on any atom is 0.303 e. The summed E-state index contributed by atoms with van der Waals surface area (Å²) in [5, 5.41) is 8.35. The molecule has 0 aromatic heterocycles. The number of hydrogen-bond acceptors (Lipinski definition) is 1. The zero-order valence-corrected chi connectivity index (χ0v) is 6.05.